The van der Waals surface area contributed by atoms with Crippen LogP contribution in [0, 0.1) is 12.8 Å². The van der Waals surface area contributed by atoms with Crippen molar-refractivity contribution in [1.82, 2.24) is 4.90 Å². The van der Waals surface area contributed by atoms with E-state index in [1.54, 1.807) is 4.90 Å². The highest BCUT2D eigenvalue weighted by Crippen LogP contribution is 2.38. The Balaban J connectivity index is 1.52. The second-order valence-electron chi connectivity index (χ2n) is 7.14. The summed E-state index contributed by atoms with van der Waals surface area (Å²) in [6, 6.07) is 15.4. The summed E-state index contributed by atoms with van der Waals surface area (Å²) in [5.74, 6) is -0.336. The van der Waals surface area contributed by atoms with Gasteiger partial charge in [0.2, 0.25) is 5.91 Å². The number of hydrogen-bond acceptors (Lipinski definition) is 3. The molecule has 0 saturated carbocycles. The SMILES string of the molecule is Cc1cccc2sc(C(=O)N3CCCC(C(=O)Nc4ccccc4)C3)c(Cl)c12. The maximum absolute atomic E-state index is 13.1. The van der Waals surface area contributed by atoms with E-state index in [0.29, 0.717) is 23.0 Å². The van der Waals surface area contributed by atoms with E-state index in [1.165, 1.54) is 11.3 Å². The minimum Gasteiger partial charge on any atom is -0.337 e. The van der Waals surface area contributed by atoms with Gasteiger partial charge in [0.15, 0.2) is 0 Å². The topological polar surface area (TPSA) is 49.4 Å². The van der Waals surface area contributed by atoms with E-state index in [9.17, 15) is 9.59 Å². The molecule has 1 aromatic heterocycles. The average Bonchev–Trinajstić information content (AvgIpc) is 3.06. The number of para-hydroxylation sites is 1. The summed E-state index contributed by atoms with van der Waals surface area (Å²) in [7, 11) is 0. The molecule has 0 aliphatic carbocycles. The maximum atomic E-state index is 13.1. The van der Waals surface area contributed by atoms with Gasteiger partial charge in [-0.3, -0.25) is 9.59 Å². The Bertz CT molecular complexity index is 1030. The van der Waals surface area contributed by atoms with Crippen molar-refractivity contribution in [3.63, 3.8) is 0 Å². The molecule has 3 aromatic rings. The zero-order valence-corrected chi connectivity index (χ0v) is 17.1. The lowest BCUT2D eigenvalue weighted by Gasteiger charge is -2.31. The summed E-state index contributed by atoms with van der Waals surface area (Å²) in [6.45, 7) is 3.07. The fourth-order valence-electron chi connectivity index (χ4n) is 3.70. The minimum absolute atomic E-state index is 0.0398. The molecule has 6 heteroatoms. The average molecular weight is 413 g/mol. The molecular formula is C22H21ClN2O2S. The fraction of sp³-hybridized carbons (Fsp3) is 0.273. The molecular weight excluding hydrogens is 392 g/mol. The minimum atomic E-state index is -0.215. The standard InChI is InChI=1S/C22H21ClN2O2S/c1-14-7-5-11-17-18(14)19(23)20(28-17)22(27)25-12-6-8-15(13-25)21(26)24-16-9-3-2-4-10-16/h2-5,7,9-11,15H,6,8,12-13H2,1H3,(H,24,26). The largest absolute Gasteiger partial charge is 0.337 e. The molecule has 1 atom stereocenters. The van der Waals surface area contributed by atoms with Gasteiger partial charge in [0.25, 0.3) is 5.91 Å². The number of aryl methyl sites for hydroxylation is 1. The number of anilines is 1. The monoisotopic (exact) mass is 412 g/mol. The second-order valence-corrected chi connectivity index (χ2v) is 8.57. The van der Waals surface area contributed by atoms with Crippen molar-refractivity contribution in [1.29, 1.82) is 0 Å². The first-order valence-corrected chi connectivity index (χ1v) is 10.6. The van der Waals surface area contributed by atoms with Gasteiger partial charge >= 0.3 is 0 Å². The van der Waals surface area contributed by atoms with Crippen molar-refractivity contribution in [2.75, 3.05) is 18.4 Å². The third kappa shape index (κ3) is 3.64. The number of piperidine rings is 1. The number of fused-ring (bicyclic) bond motifs is 1. The molecule has 2 amide bonds. The molecule has 0 bridgehead atoms. The van der Waals surface area contributed by atoms with Gasteiger partial charge in [-0.1, -0.05) is 41.9 Å². The Labute approximate surface area is 173 Å². The zero-order chi connectivity index (χ0) is 19.7. The van der Waals surface area contributed by atoms with Crippen LogP contribution in [0.25, 0.3) is 10.1 Å². The molecule has 1 aliphatic heterocycles. The predicted octanol–water partition coefficient (Wildman–Crippen LogP) is 5.35. The van der Waals surface area contributed by atoms with Crippen molar-refractivity contribution >= 4 is 50.5 Å². The number of carbonyl (C=O) groups is 2. The van der Waals surface area contributed by atoms with E-state index < -0.39 is 0 Å². The van der Waals surface area contributed by atoms with Gasteiger partial charge in [-0.15, -0.1) is 11.3 Å². The quantitative estimate of drug-likeness (QED) is 0.630. The number of rotatable bonds is 3. The highest BCUT2D eigenvalue weighted by Gasteiger charge is 2.31. The van der Waals surface area contributed by atoms with Crippen LogP contribution in [-0.2, 0) is 4.79 Å². The third-order valence-electron chi connectivity index (χ3n) is 5.18. The third-order valence-corrected chi connectivity index (χ3v) is 6.81. The van der Waals surface area contributed by atoms with Crippen LogP contribution in [0.4, 0.5) is 5.69 Å². The molecule has 1 saturated heterocycles. The predicted molar refractivity (Wildman–Crippen MR) is 115 cm³/mol. The highest BCUT2D eigenvalue weighted by molar-refractivity contribution is 7.21. The van der Waals surface area contributed by atoms with Crippen LogP contribution in [0.5, 0.6) is 0 Å². The molecule has 4 nitrogen and oxygen atoms in total. The Morgan fingerprint density at radius 2 is 1.93 bits per heavy atom. The smallest absolute Gasteiger partial charge is 0.265 e. The number of benzene rings is 2. The number of likely N-dealkylation sites (tertiary alicyclic amines) is 1. The Kier molecular flexibility index (Phi) is 5.38. The summed E-state index contributed by atoms with van der Waals surface area (Å²) in [5, 5.41) is 4.43. The molecule has 144 valence electrons. The van der Waals surface area contributed by atoms with Crippen LogP contribution in [0.3, 0.4) is 0 Å². The molecule has 28 heavy (non-hydrogen) atoms. The molecule has 0 radical (unpaired) electrons. The zero-order valence-electron chi connectivity index (χ0n) is 15.6. The van der Waals surface area contributed by atoms with E-state index >= 15 is 0 Å². The highest BCUT2D eigenvalue weighted by atomic mass is 35.5. The van der Waals surface area contributed by atoms with Crippen LogP contribution in [0.2, 0.25) is 5.02 Å². The van der Waals surface area contributed by atoms with E-state index in [2.05, 4.69) is 5.32 Å². The van der Waals surface area contributed by atoms with Crippen LogP contribution in [0.1, 0.15) is 28.1 Å². The Hall–Kier alpha value is -2.37. The molecule has 2 aromatic carbocycles. The van der Waals surface area contributed by atoms with Gasteiger partial charge in [0.1, 0.15) is 4.88 Å². The second kappa shape index (κ2) is 7.94. The molecule has 4 rings (SSSR count). The lowest BCUT2D eigenvalue weighted by molar-refractivity contribution is -0.121. The van der Waals surface area contributed by atoms with E-state index in [1.807, 2.05) is 55.5 Å². The van der Waals surface area contributed by atoms with Gasteiger partial charge in [-0.2, -0.15) is 0 Å². The summed E-state index contributed by atoms with van der Waals surface area (Å²) in [4.78, 5) is 28.1. The van der Waals surface area contributed by atoms with E-state index in [0.717, 1.165) is 34.2 Å². The normalized spacial score (nSPS) is 16.9. The number of halogens is 1. The number of amides is 2. The Morgan fingerprint density at radius 3 is 2.68 bits per heavy atom. The van der Waals surface area contributed by atoms with E-state index in [4.69, 9.17) is 11.6 Å². The lowest BCUT2D eigenvalue weighted by atomic mass is 9.96. The molecule has 1 N–H and O–H groups in total. The summed E-state index contributed by atoms with van der Waals surface area (Å²) in [5.41, 5.74) is 1.84. The first-order valence-electron chi connectivity index (χ1n) is 9.37. The summed E-state index contributed by atoms with van der Waals surface area (Å²) >= 11 is 7.99. The number of hydrogen-bond donors (Lipinski definition) is 1. The fourth-order valence-corrected chi connectivity index (χ4v) is 5.34. The molecule has 1 fully saturated rings. The van der Waals surface area contributed by atoms with Crippen LogP contribution >= 0.6 is 22.9 Å². The van der Waals surface area contributed by atoms with Crippen molar-refractivity contribution in [3.8, 4) is 0 Å². The number of thiophene rings is 1. The van der Waals surface area contributed by atoms with Crippen molar-refractivity contribution in [2.24, 2.45) is 5.92 Å². The number of carbonyl (C=O) groups excluding carboxylic acids is 2. The number of nitrogens with one attached hydrogen (secondary N) is 1. The number of nitrogens with zero attached hydrogens (tertiary/aromatic N) is 1. The lowest BCUT2D eigenvalue weighted by Crippen LogP contribution is -2.43. The van der Waals surface area contributed by atoms with Gasteiger partial charge in [0, 0.05) is 28.9 Å². The molecule has 1 aliphatic rings. The van der Waals surface area contributed by atoms with Crippen molar-refractivity contribution < 1.29 is 9.59 Å². The van der Waals surface area contributed by atoms with Crippen LogP contribution < -0.4 is 5.32 Å². The van der Waals surface area contributed by atoms with Crippen LogP contribution in [0.15, 0.2) is 48.5 Å². The van der Waals surface area contributed by atoms with Gasteiger partial charge in [-0.05, 0) is 43.5 Å². The maximum Gasteiger partial charge on any atom is 0.265 e. The first kappa shape index (κ1) is 19.0. The van der Waals surface area contributed by atoms with Crippen molar-refractivity contribution in [3.05, 3.63) is 64.0 Å². The molecule has 0 spiro atoms. The van der Waals surface area contributed by atoms with Gasteiger partial charge in [0.05, 0.1) is 10.9 Å². The van der Waals surface area contributed by atoms with Crippen molar-refractivity contribution in [2.45, 2.75) is 19.8 Å². The first-order chi connectivity index (χ1) is 13.5. The Morgan fingerprint density at radius 1 is 1.14 bits per heavy atom. The van der Waals surface area contributed by atoms with Gasteiger partial charge in [-0.25, -0.2) is 0 Å². The summed E-state index contributed by atoms with van der Waals surface area (Å²) < 4.78 is 1.02. The van der Waals surface area contributed by atoms with E-state index in [-0.39, 0.29) is 17.7 Å². The molecule has 2 heterocycles. The van der Waals surface area contributed by atoms with Crippen LogP contribution in [-0.4, -0.2) is 29.8 Å². The molecule has 1 unspecified atom stereocenters. The summed E-state index contributed by atoms with van der Waals surface area (Å²) in [6.07, 6.45) is 1.59. The van der Waals surface area contributed by atoms with Gasteiger partial charge < -0.3 is 10.2 Å².